The van der Waals surface area contributed by atoms with E-state index in [0.717, 1.165) is 30.6 Å². The van der Waals surface area contributed by atoms with Gasteiger partial charge < -0.3 is 16.0 Å². The van der Waals surface area contributed by atoms with Gasteiger partial charge in [0.1, 0.15) is 0 Å². The molecule has 0 atom stereocenters. The number of anilines is 1. The first-order valence-corrected chi connectivity index (χ1v) is 8.68. The molecule has 23 heavy (non-hydrogen) atoms. The highest BCUT2D eigenvalue weighted by Gasteiger charge is 2.33. The summed E-state index contributed by atoms with van der Waals surface area (Å²) in [4.78, 5) is 14.7. The maximum Gasteiger partial charge on any atom is 0.224 e. The smallest absolute Gasteiger partial charge is 0.224 e. The predicted molar refractivity (Wildman–Crippen MR) is 96.4 cm³/mol. The summed E-state index contributed by atoms with van der Waals surface area (Å²) < 4.78 is 0. The third-order valence-electron chi connectivity index (χ3n) is 4.96. The highest BCUT2D eigenvalue weighted by Crippen LogP contribution is 2.38. The Hall–Kier alpha value is -1.39. The van der Waals surface area contributed by atoms with E-state index in [2.05, 4.69) is 28.4 Å². The number of benzene rings is 1. The van der Waals surface area contributed by atoms with Crippen molar-refractivity contribution in [3.8, 4) is 0 Å². The maximum absolute atomic E-state index is 12.6. The number of rotatable bonds is 6. The average molecular weight is 317 g/mol. The summed E-state index contributed by atoms with van der Waals surface area (Å²) in [6.45, 7) is 3.52. The average Bonchev–Trinajstić information content (AvgIpc) is 2.51. The Bertz CT molecular complexity index is 533. The molecule has 0 saturated heterocycles. The van der Waals surface area contributed by atoms with Gasteiger partial charge in [0, 0.05) is 18.7 Å². The van der Waals surface area contributed by atoms with Gasteiger partial charge in [-0.05, 0) is 63.0 Å². The minimum absolute atomic E-state index is 0.0114. The number of nitrogens with one attached hydrogen (secondary N) is 1. The molecule has 3 N–H and O–H groups in total. The van der Waals surface area contributed by atoms with E-state index in [1.54, 1.807) is 0 Å². The van der Waals surface area contributed by atoms with Crippen molar-refractivity contribution in [2.75, 3.05) is 26.0 Å². The number of aryl methyl sites for hydroxylation is 1. The lowest BCUT2D eigenvalue weighted by Crippen LogP contribution is -2.36. The Labute approximate surface area is 140 Å². The number of amides is 1. The molecule has 0 heterocycles. The van der Waals surface area contributed by atoms with Gasteiger partial charge in [-0.3, -0.25) is 4.79 Å². The fraction of sp³-hybridized carbons (Fsp3) is 0.632. The fourth-order valence-electron chi connectivity index (χ4n) is 3.56. The van der Waals surface area contributed by atoms with Crippen LogP contribution in [0.15, 0.2) is 18.2 Å². The molecule has 4 nitrogen and oxygen atoms in total. The third kappa shape index (κ3) is 5.05. The summed E-state index contributed by atoms with van der Waals surface area (Å²) in [5.41, 5.74) is 9.26. The fourth-order valence-corrected chi connectivity index (χ4v) is 3.56. The molecule has 1 saturated carbocycles. The Morgan fingerprint density at radius 1 is 1.26 bits per heavy atom. The number of carbonyl (C=O) groups excluding carboxylic acids is 1. The molecule has 0 spiro atoms. The predicted octanol–water partition coefficient (Wildman–Crippen LogP) is 3.29. The molecule has 1 aromatic rings. The molecule has 128 valence electrons. The molecule has 1 amide bonds. The van der Waals surface area contributed by atoms with E-state index in [4.69, 9.17) is 5.73 Å². The normalized spacial score (nSPS) is 17.3. The second-order valence-electron chi connectivity index (χ2n) is 7.38. The lowest BCUT2D eigenvalue weighted by molar-refractivity contribution is -0.118. The number of hydrogen-bond acceptors (Lipinski definition) is 3. The van der Waals surface area contributed by atoms with Crippen molar-refractivity contribution >= 4 is 11.6 Å². The summed E-state index contributed by atoms with van der Waals surface area (Å²) in [5.74, 6) is 0.0995. The Kier molecular flexibility index (Phi) is 6.19. The summed E-state index contributed by atoms with van der Waals surface area (Å²) in [7, 11) is 4.10. The summed E-state index contributed by atoms with van der Waals surface area (Å²) in [5, 5.41) is 3.12. The summed E-state index contributed by atoms with van der Waals surface area (Å²) in [6, 6.07) is 6.28. The molecule has 1 aromatic carbocycles. The van der Waals surface area contributed by atoms with Crippen LogP contribution >= 0.6 is 0 Å². The third-order valence-corrected chi connectivity index (χ3v) is 4.96. The summed E-state index contributed by atoms with van der Waals surface area (Å²) >= 11 is 0. The molecule has 1 aliphatic carbocycles. The first-order chi connectivity index (χ1) is 10.9. The van der Waals surface area contributed by atoms with Gasteiger partial charge in [0.15, 0.2) is 0 Å². The van der Waals surface area contributed by atoms with Crippen molar-refractivity contribution in [1.82, 2.24) is 4.90 Å². The van der Waals surface area contributed by atoms with Crippen molar-refractivity contribution in [3.63, 3.8) is 0 Å². The van der Waals surface area contributed by atoms with Crippen LogP contribution in [-0.2, 0) is 11.3 Å². The molecular weight excluding hydrogens is 286 g/mol. The molecule has 0 unspecified atom stereocenters. The van der Waals surface area contributed by atoms with Gasteiger partial charge in [-0.2, -0.15) is 0 Å². The molecule has 0 aliphatic heterocycles. The SMILES string of the molecule is Cc1ccc(CN(C)C)cc1NC(=O)CC1(CN)CCCCC1. The van der Waals surface area contributed by atoms with Gasteiger partial charge in [0.2, 0.25) is 5.91 Å². The van der Waals surface area contributed by atoms with Crippen LogP contribution in [0.4, 0.5) is 5.69 Å². The van der Waals surface area contributed by atoms with Crippen LogP contribution < -0.4 is 11.1 Å². The van der Waals surface area contributed by atoms with Crippen molar-refractivity contribution in [3.05, 3.63) is 29.3 Å². The molecule has 0 radical (unpaired) electrons. The van der Waals surface area contributed by atoms with Crippen molar-refractivity contribution in [1.29, 1.82) is 0 Å². The Balaban J connectivity index is 2.04. The van der Waals surface area contributed by atoms with Crippen LogP contribution in [0.2, 0.25) is 0 Å². The molecule has 1 aliphatic rings. The monoisotopic (exact) mass is 317 g/mol. The van der Waals surface area contributed by atoms with E-state index < -0.39 is 0 Å². The van der Waals surface area contributed by atoms with Crippen LogP contribution in [0.3, 0.4) is 0 Å². The minimum atomic E-state index is 0.0114. The number of hydrogen-bond donors (Lipinski definition) is 2. The first kappa shape index (κ1) is 18.0. The number of nitrogens with two attached hydrogens (primary N) is 1. The van der Waals surface area contributed by atoms with Gasteiger partial charge in [-0.1, -0.05) is 31.4 Å². The zero-order valence-electron chi connectivity index (χ0n) is 14.8. The van der Waals surface area contributed by atoms with E-state index in [1.807, 2.05) is 21.0 Å². The number of carbonyl (C=O) groups is 1. The minimum Gasteiger partial charge on any atom is -0.330 e. The topological polar surface area (TPSA) is 58.4 Å². The van der Waals surface area contributed by atoms with Crippen LogP contribution in [0.1, 0.15) is 49.7 Å². The first-order valence-electron chi connectivity index (χ1n) is 8.68. The highest BCUT2D eigenvalue weighted by molar-refractivity contribution is 5.92. The molecular formula is C19H31N3O. The molecule has 2 rings (SSSR count). The molecule has 0 aromatic heterocycles. The molecule has 4 heteroatoms. The number of nitrogens with zero attached hydrogens (tertiary/aromatic N) is 1. The van der Waals surface area contributed by atoms with Crippen molar-refractivity contribution < 1.29 is 4.79 Å². The lowest BCUT2D eigenvalue weighted by atomic mass is 9.71. The molecule has 1 fully saturated rings. The standard InChI is InChI=1S/C19H31N3O/c1-15-7-8-16(13-22(2)3)11-17(15)21-18(23)12-19(14-20)9-5-4-6-10-19/h7-8,11H,4-6,9-10,12-14,20H2,1-3H3,(H,21,23). The van der Waals surface area contributed by atoms with Gasteiger partial charge in [0.25, 0.3) is 0 Å². The molecule has 0 bridgehead atoms. The highest BCUT2D eigenvalue weighted by atomic mass is 16.1. The van der Waals surface area contributed by atoms with Crippen LogP contribution in [0, 0.1) is 12.3 Å². The van der Waals surface area contributed by atoms with Crippen LogP contribution in [-0.4, -0.2) is 31.4 Å². The lowest BCUT2D eigenvalue weighted by Gasteiger charge is -2.35. The van der Waals surface area contributed by atoms with Gasteiger partial charge in [0.05, 0.1) is 0 Å². The van der Waals surface area contributed by atoms with Gasteiger partial charge in [-0.25, -0.2) is 0 Å². The van der Waals surface area contributed by atoms with E-state index >= 15 is 0 Å². The van der Waals surface area contributed by atoms with Gasteiger partial charge in [-0.15, -0.1) is 0 Å². The second-order valence-corrected chi connectivity index (χ2v) is 7.38. The van der Waals surface area contributed by atoms with Crippen LogP contribution in [0.5, 0.6) is 0 Å². The zero-order chi connectivity index (χ0) is 16.9. The largest absolute Gasteiger partial charge is 0.330 e. The van der Waals surface area contributed by atoms with Crippen molar-refractivity contribution in [2.24, 2.45) is 11.1 Å². The summed E-state index contributed by atoms with van der Waals surface area (Å²) in [6.07, 6.45) is 6.37. The van der Waals surface area contributed by atoms with E-state index in [-0.39, 0.29) is 11.3 Å². The van der Waals surface area contributed by atoms with Gasteiger partial charge >= 0.3 is 0 Å². The van der Waals surface area contributed by atoms with E-state index in [9.17, 15) is 4.79 Å². The second kappa shape index (κ2) is 7.93. The van der Waals surface area contributed by atoms with E-state index in [0.29, 0.717) is 13.0 Å². The zero-order valence-corrected chi connectivity index (χ0v) is 14.8. The van der Waals surface area contributed by atoms with Crippen LogP contribution in [0.25, 0.3) is 0 Å². The maximum atomic E-state index is 12.6. The quantitative estimate of drug-likeness (QED) is 0.846. The van der Waals surface area contributed by atoms with E-state index in [1.165, 1.54) is 24.8 Å². The van der Waals surface area contributed by atoms with Crippen molar-refractivity contribution in [2.45, 2.75) is 52.0 Å². The Morgan fingerprint density at radius 3 is 2.57 bits per heavy atom. The Morgan fingerprint density at radius 2 is 1.96 bits per heavy atom.